The first-order valence-electron chi connectivity index (χ1n) is 6.68. The number of hydrogen-bond acceptors (Lipinski definition) is 5. The van der Waals surface area contributed by atoms with E-state index >= 15 is 0 Å². The van der Waals surface area contributed by atoms with Gasteiger partial charge in [0.05, 0.1) is 6.42 Å². The molecule has 0 aliphatic rings. The van der Waals surface area contributed by atoms with Crippen LogP contribution < -0.4 is 0 Å². The topological polar surface area (TPSA) is 43.4 Å². The monoisotopic (exact) mass is 322 g/mol. The van der Waals surface area contributed by atoms with Gasteiger partial charge < -0.3 is 4.74 Å². The molecule has 0 aliphatic heterocycles. The maximum Gasteiger partial charge on any atom is 0.310 e. The molecule has 2 aromatic rings. The summed E-state index contributed by atoms with van der Waals surface area (Å²) in [4.78, 5) is 28.2. The van der Waals surface area contributed by atoms with E-state index in [0.29, 0.717) is 5.56 Å². The van der Waals surface area contributed by atoms with Crippen LogP contribution in [0.4, 0.5) is 0 Å². The summed E-state index contributed by atoms with van der Waals surface area (Å²) in [6.07, 6.45) is 0.227. The zero-order valence-corrected chi connectivity index (χ0v) is 14.2. The van der Waals surface area contributed by atoms with E-state index < -0.39 is 0 Å². The van der Waals surface area contributed by atoms with E-state index in [2.05, 4.69) is 0 Å². The van der Waals surface area contributed by atoms with Crippen LogP contribution in [0.3, 0.4) is 0 Å². The first-order valence-corrected chi connectivity index (χ1v) is 8.32. The standard InChI is InChI=1S/C16H18O3S2/c1-9-5-13(11(3)20-9)7-16(18)19-8-15(17)14-6-10(2)21-12(14)4/h5-6H,7-8H2,1-4H3. The lowest BCUT2D eigenvalue weighted by molar-refractivity contribution is -0.141. The Morgan fingerprint density at radius 3 is 2.14 bits per heavy atom. The highest BCUT2D eigenvalue weighted by Crippen LogP contribution is 2.22. The van der Waals surface area contributed by atoms with E-state index in [4.69, 9.17) is 4.74 Å². The molecule has 0 atom stereocenters. The molecule has 0 unspecified atom stereocenters. The highest BCUT2D eigenvalue weighted by atomic mass is 32.1. The van der Waals surface area contributed by atoms with Gasteiger partial charge in [-0.25, -0.2) is 0 Å². The van der Waals surface area contributed by atoms with E-state index in [1.54, 1.807) is 22.7 Å². The molecule has 5 heteroatoms. The fraction of sp³-hybridized carbons (Fsp3) is 0.375. The van der Waals surface area contributed by atoms with E-state index in [9.17, 15) is 9.59 Å². The lowest BCUT2D eigenvalue weighted by Crippen LogP contribution is -2.15. The zero-order chi connectivity index (χ0) is 15.6. The summed E-state index contributed by atoms with van der Waals surface area (Å²) in [6.45, 7) is 7.69. The van der Waals surface area contributed by atoms with Crippen LogP contribution in [0, 0.1) is 27.7 Å². The van der Waals surface area contributed by atoms with Gasteiger partial charge in [0.1, 0.15) is 0 Å². The van der Waals surface area contributed by atoms with Crippen molar-refractivity contribution in [1.29, 1.82) is 0 Å². The molecule has 3 nitrogen and oxygen atoms in total. The van der Waals surface area contributed by atoms with Crippen LogP contribution in [-0.4, -0.2) is 18.4 Å². The molecule has 0 saturated heterocycles. The fourth-order valence-electron chi connectivity index (χ4n) is 2.20. The fourth-order valence-corrected chi connectivity index (χ4v) is 4.09. The van der Waals surface area contributed by atoms with Gasteiger partial charge >= 0.3 is 5.97 Å². The van der Waals surface area contributed by atoms with Crippen molar-refractivity contribution in [2.45, 2.75) is 34.1 Å². The molecule has 0 aromatic carbocycles. The highest BCUT2D eigenvalue weighted by molar-refractivity contribution is 7.12. The molecule has 112 valence electrons. The van der Waals surface area contributed by atoms with Crippen molar-refractivity contribution in [3.8, 4) is 0 Å². The molecule has 0 amide bonds. The summed E-state index contributed by atoms with van der Waals surface area (Å²) in [5.74, 6) is -0.489. The average molecular weight is 322 g/mol. The number of hydrogen-bond donors (Lipinski definition) is 0. The van der Waals surface area contributed by atoms with Crippen LogP contribution in [0.1, 0.15) is 35.4 Å². The number of carbonyl (C=O) groups excluding carboxylic acids is 2. The first-order chi connectivity index (χ1) is 9.86. The number of ether oxygens (including phenoxy) is 1. The van der Waals surface area contributed by atoms with Gasteiger partial charge in [0.25, 0.3) is 0 Å². The lowest BCUT2D eigenvalue weighted by Gasteiger charge is -2.04. The van der Waals surface area contributed by atoms with Crippen LogP contribution in [0.15, 0.2) is 12.1 Å². The number of aryl methyl sites for hydroxylation is 4. The molecule has 2 rings (SSSR count). The van der Waals surface area contributed by atoms with Crippen molar-refractivity contribution < 1.29 is 14.3 Å². The molecular weight excluding hydrogens is 304 g/mol. The van der Waals surface area contributed by atoms with Gasteiger partial charge in [-0.3, -0.25) is 9.59 Å². The number of ketones is 1. The van der Waals surface area contributed by atoms with Gasteiger partial charge in [0, 0.05) is 25.1 Å². The Labute approximate surface area is 132 Å². The third-order valence-electron chi connectivity index (χ3n) is 3.18. The van der Waals surface area contributed by atoms with Gasteiger partial charge in [-0.1, -0.05) is 0 Å². The third kappa shape index (κ3) is 4.02. The molecule has 2 heterocycles. The molecule has 0 aliphatic carbocycles. The Morgan fingerprint density at radius 1 is 1.00 bits per heavy atom. The van der Waals surface area contributed by atoms with Crippen molar-refractivity contribution in [3.63, 3.8) is 0 Å². The predicted molar refractivity (Wildman–Crippen MR) is 86.6 cm³/mol. The number of rotatable bonds is 5. The highest BCUT2D eigenvalue weighted by Gasteiger charge is 2.15. The van der Waals surface area contributed by atoms with Crippen LogP contribution in [0.2, 0.25) is 0 Å². The number of esters is 1. The summed E-state index contributed by atoms with van der Waals surface area (Å²) in [5.41, 5.74) is 1.64. The number of carbonyl (C=O) groups is 2. The minimum atomic E-state index is -0.353. The molecule has 0 fully saturated rings. The molecule has 21 heavy (non-hydrogen) atoms. The van der Waals surface area contributed by atoms with Gasteiger partial charge in [0.15, 0.2) is 6.61 Å². The van der Waals surface area contributed by atoms with Crippen molar-refractivity contribution in [2.75, 3.05) is 6.61 Å². The van der Waals surface area contributed by atoms with Gasteiger partial charge in [-0.15, -0.1) is 22.7 Å². The van der Waals surface area contributed by atoms with Crippen LogP contribution in [0.5, 0.6) is 0 Å². The molecule has 0 N–H and O–H groups in total. The van der Waals surface area contributed by atoms with Crippen LogP contribution >= 0.6 is 22.7 Å². The minimum Gasteiger partial charge on any atom is -0.457 e. The van der Waals surface area contributed by atoms with Crippen molar-refractivity contribution in [3.05, 3.63) is 42.8 Å². The van der Waals surface area contributed by atoms with Crippen molar-refractivity contribution in [2.24, 2.45) is 0 Å². The third-order valence-corrected chi connectivity index (χ3v) is 5.16. The lowest BCUT2D eigenvalue weighted by atomic mass is 10.1. The largest absolute Gasteiger partial charge is 0.457 e. The van der Waals surface area contributed by atoms with Crippen molar-refractivity contribution in [1.82, 2.24) is 0 Å². The average Bonchev–Trinajstić information content (AvgIpc) is 2.89. The summed E-state index contributed by atoms with van der Waals surface area (Å²) >= 11 is 3.24. The molecule has 0 radical (unpaired) electrons. The second-order valence-electron chi connectivity index (χ2n) is 5.03. The SMILES string of the molecule is Cc1cc(CC(=O)OCC(=O)c2cc(C)sc2C)c(C)s1. The van der Waals surface area contributed by atoms with Gasteiger partial charge in [0.2, 0.25) is 5.78 Å². The van der Waals surface area contributed by atoms with E-state index in [-0.39, 0.29) is 24.8 Å². The summed E-state index contributed by atoms with van der Waals surface area (Å²) in [5, 5.41) is 0. The van der Waals surface area contributed by atoms with E-state index in [1.165, 1.54) is 4.88 Å². The van der Waals surface area contributed by atoms with Crippen molar-refractivity contribution >= 4 is 34.4 Å². The van der Waals surface area contributed by atoms with E-state index in [1.807, 2.05) is 39.8 Å². The Kier molecular flexibility index (Phi) is 4.96. The molecular formula is C16H18O3S2. The zero-order valence-electron chi connectivity index (χ0n) is 12.6. The quantitative estimate of drug-likeness (QED) is 0.617. The summed E-state index contributed by atoms with van der Waals surface area (Å²) in [7, 11) is 0. The maximum absolute atomic E-state index is 12.0. The van der Waals surface area contributed by atoms with E-state index in [0.717, 1.165) is 20.2 Å². The Morgan fingerprint density at radius 2 is 1.62 bits per heavy atom. The van der Waals surface area contributed by atoms with Gasteiger partial charge in [-0.2, -0.15) is 0 Å². The normalized spacial score (nSPS) is 10.7. The Hall–Kier alpha value is -1.46. The number of Topliss-reactive ketones (excluding diaryl/α,β-unsaturated/α-hetero) is 1. The maximum atomic E-state index is 12.0. The predicted octanol–water partition coefficient (Wildman–Crippen LogP) is 4.01. The molecule has 0 saturated carbocycles. The number of thiophene rings is 2. The smallest absolute Gasteiger partial charge is 0.310 e. The van der Waals surface area contributed by atoms with Gasteiger partial charge in [-0.05, 0) is 45.4 Å². The second kappa shape index (κ2) is 6.54. The minimum absolute atomic E-state index is 0.136. The van der Waals surface area contributed by atoms with Crippen LogP contribution in [-0.2, 0) is 16.0 Å². The Bertz CT molecular complexity index is 680. The van der Waals surface area contributed by atoms with Crippen LogP contribution in [0.25, 0.3) is 0 Å². The molecule has 0 bridgehead atoms. The first kappa shape index (κ1) is 15.9. The summed E-state index contributed by atoms with van der Waals surface area (Å²) < 4.78 is 5.11. The summed E-state index contributed by atoms with van der Waals surface area (Å²) in [6, 6.07) is 3.85. The molecule has 2 aromatic heterocycles. The Balaban J connectivity index is 1.91. The molecule has 0 spiro atoms. The second-order valence-corrected chi connectivity index (χ2v) is 7.95.